The third kappa shape index (κ3) is 3.30. The van der Waals surface area contributed by atoms with E-state index >= 15 is 0 Å². The first kappa shape index (κ1) is 23.6. The molecule has 7 rings (SSSR count). The number of nitriles is 1. The van der Waals surface area contributed by atoms with E-state index in [0.717, 1.165) is 5.39 Å². The van der Waals surface area contributed by atoms with E-state index in [1.54, 1.807) is 18.2 Å². The van der Waals surface area contributed by atoms with E-state index in [4.69, 9.17) is 15.2 Å². The van der Waals surface area contributed by atoms with Gasteiger partial charge >= 0.3 is 0 Å². The van der Waals surface area contributed by atoms with Gasteiger partial charge in [-0.25, -0.2) is 9.88 Å². The van der Waals surface area contributed by atoms with Gasteiger partial charge in [-0.3, -0.25) is 9.59 Å². The molecule has 0 unspecified atom stereocenters. The molecule has 3 fully saturated rings. The van der Waals surface area contributed by atoms with E-state index in [1.165, 1.54) is 4.90 Å². The second-order valence-electron chi connectivity index (χ2n) is 10.9. The highest BCUT2D eigenvalue weighted by Crippen LogP contribution is 2.62. The van der Waals surface area contributed by atoms with Crippen molar-refractivity contribution >= 4 is 45.0 Å². The molecule has 4 atom stereocenters. The van der Waals surface area contributed by atoms with Crippen molar-refractivity contribution in [3.63, 3.8) is 0 Å². The lowest BCUT2D eigenvalue weighted by atomic mass is 9.67. The Kier molecular flexibility index (Phi) is 5.00. The number of para-hydroxylation sites is 1. The molecule has 2 N–H and O–H groups in total. The zero-order valence-electron chi connectivity index (χ0n) is 21.4. The van der Waals surface area contributed by atoms with Gasteiger partial charge in [0.15, 0.2) is 0 Å². The minimum atomic E-state index is -0.791. The molecule has 8 heteroatoms. The van der Waals surface area contributed by atoms with Crippen LogP contribution in [-0.4, -0.2) is 34.6 Å². The Hall–Kier alpha value is -4.48. The molecule has 3 aromatic carbocycles. The maximum absolute atomic E-state index is 14.1. The Morgan fingerprint density at radius 1 is 1.03 bits per heavy atom. The molecule has 3 aliphatic heterocycles. The van der Waals surface area contributed by atoms with Gasteiger partial charge in [-0.15, -0.1) is 0 Å². The van der Waals surface area contributed by atoms with Gasteiger partial charge in [-0.1, -0.05) is 36.4 Å². The smallest absolute Gasteiger partial charge is 0.240 e. The number of hydrogen-bond acceptors (Lipinski definition) is 7. The van der Waals surface area contributed by atoms with Crippen LogP contribution in [0.4, 0.5) is 11.5 Å². The van der Waals surface area contributed by atoms with Crippen LogP contribution >= 0.6 is 0 Å². The van der Waals surface area contributed by atoms with Crippen molar-refractivity contribution in [3.05, 3.63) is 72.3 Å². The number of benzene rings is 3. The molecule has 3 saturated heterocycles. The average molecular weight is 519 g/mol. The largest absolute Gasteiger partial charge is 0.491 e. The van der Waals surface area contributed by atoms with Crippen LogP contribution in [0.25, 0.3) is 21.7 Å². The molecule has 0 saturated carbocycles. The fourth-order valence-corrected chi connectivity index (χ4v) is 7.01. The summed E-state index contributed by atoms with van der Waals surface area (Å²) in [5, 5.41) is 11.9. The molecule has 2 bridgehead atoms. The number of ether oxygens (including phenoxy) is 2. The quantitative estimate of drug-likeness (QED) is 0.379. The third-order valence-corrected chi connectivity index (χ3v) is 8.76. The highest BCUT2D eigenvalue weighted by Gasteiger charge is 2.73. The number of amides is 2. The molecule has 8 nitrogen and oxygen atoms in total. The monoisotopic (exact) mass is 518 g/mol. The van der Waals surface area contributed by atoms with Gasteiger partial charge in [0.2, 0.25) is 11.8 Å². The second kappa shape index (κ2) is 8.26. The highest BCUT2D eigenvalue weighted by atomic mass is 16.5. The zero-order chi connectivity index (χ0) is 26.9. The van der Waals surface area contributed by atoms with Gasteiger partial charge in [0.05, 0.1) is 47.0 Å². The lowest BCUT2D eigenvalue weighted by molar-refractivity contribution is -0.131. The maximum atomic E-state index is 14.1. The summed E-state index contributed by atoms with van der Waals surface area (Å²) in [5.74, 6) is -0.612. The molecule has 0 spiro atoms. The van der Waals surface area contributed by atoms with Crippen LogP contribution < -0.4 is 15.4 Å². The number of pyridine rings is 1. The number of hydrogen-bond donors (Lipinski definition) is 1. The van der Waals surface area contributed by atoms with Crippen LogP contribution in [0.2, 0.25) is 0 Å². The molecular formula is C31H26N4O4. The first-order valence-electron chi connectivity index (χ1n) is 13.1. The van der Waals surface area contributed by atoms with Crippen molar-refractivity contribution in [2.75, 3.05) is 17.2 Å². The maximum Gasteiger partial charge on any atom is 0.240 e. The summed E-state index contributed by atoms with van der Waals surface area (Å²) in [4.78, 5) is 33.8. The SMILES string of the molecule is C[C@]12CC[C@](CCOc3cccc4ccc(N)nc34)(O1)[C@@H]1C(=O)N(c3ccc(C#N)c4ccccc34)C(=O)[C@@H]12. The van der Waals surface area contributed by atoms with Crippen molar-refractivity contribution < 1.29 is 19.1 Å². The first-order valence-corrected chi connectivity index (χ1v) is 13.1. The fourth-order valence-electron chi connectivity index (χ4n) is 7.01. The second-order valence-corrected chi connectivity index (χ2v) is 10.9. The average Bonchev–Trinajstić information content (AvgIpc) is 3.52. The summed E-state index contributed by atoms with van der Waals surface area (Å²) in [6.07, 6.45) is 1.83. The molecule has 1 aromatic heterocycles. The van der Waals surface area contributed by atoms with Crippen molar-refractivity contribution in [1.82, 2.24) is 4.98 Å². The van der Waals surface area contributed by atoms with Crippen LogP contribution in [0.5, 0.6) is 5.75 Å². The number of fused-ring (bicyclic) bond motifs is 7. The number of carbonyl (C=O) groups is 2. The topological polar surface area (TPSA) is 119 Å². The summed E-state index contributed by atoms with van der Waals surface area (Å²) in [7, 11) is 0. The Morgan fingerprint density at radius 3 is 2.64 bits per heavy atom. The number of aromatic nitrogens is 1. The number of carbonyl (C=O) groups excluding carboxylic acids is 2. The summed E-state index contributed by atoms with van der Waals surface area (Å²) in [5.41, 5.74) is 6.10. The standard InChI is InChI=1S/C31H26N4O4/c1-30-13-14-31(39-30,15-16-38-23-8-4-5-18-10-12-24(33)34-27(18)23)26-25(30)28(36)35(29(26)37)22-11-9-19(17-32)20-6-2-3-7-21(20)22/h2-12,25-26H,13-16H2,1H3,(H2,33,34)/t25-,26+,30-,31-/m1/s1. The molecule has 0 radical (unpaired) electrons. The minimum Gasteiger partial charge on any atom is -0.491 e. The number of nitrogen functional groups attached to an aromatic ring is 1. The third-order valence-electron chi connectivity index (χ3n) is 8.76. The van der Waals surface area contributed by atoms with Gasteiger partial charge in [0, 0.05) is 22.6 Å². The van der Waals surface area contributed by atoms with Crippen LogP contribution in [-0.2, 0) is 14.3 Å². The zero-order valence-corrected chi connectivity index (χ0v) is 21.4. The highest BCUT2D eigenvalue weighted by molar-refractivity contribution is 6.26. The molecule has 194 valence electrons. The molecular weight excluding hydrogens is 492 g/mol. The summed E-state index contributed by atoms with van der Waals surface area (Å²) < 4.78 is 12.8. The molecule has 39 heavy (non-hydrogen) atoms. The van der Waals surface area contributed by atoms with Crippen LogP contribution in [0, 0.1) is 23.2 Å². The normalized spacial score (nSPS) is 27.3. The van der Waals surface area contributed by atoms with Gasteiger partial charge in [-0.2, -0.15) is 5.26 Å². The predicted molar refractivity (Wildman–Crippen MR) is 146 cm³/mol. The first-order chi connectivity index (χ1) is 18.8. The van der Waals surface area contributed by atoms with E-state index in [1.807, 2.05) is 55.5 Å². The van der Waals surface area contributed by atoms with Crippen LogP contribution in [0.3, 0.4) is 0 Å². The molecule has 4 aromatic rings. The molecule has 2 amide bonds. The van der Waals surface area contributed by atoms with E-state index < -0.39 is 23.0 Å². The van der Waals surface area contributed by atoms with E-state index in [9.17, 15) is 14.9 Å². The van der Waals surface area contributed by atoms with Crippen molar-refractivity contribution in [1.29, 1.82) is 5.26 Å². The summed E-state index contributed by atoms with van der Waals surface area (Å²) in [6, 6.07) is 22.3. The lowest BCUT2D eigenvalue weighted by Gasteiger charge is -2.31. The predicted octanol–water partition coefficient (Wildman–Crippen LogP) is 4.74. The van der Waals surface area contributed by atoms with Crippen LogP contribution in [0.1, 0.15) is 31.7 Å². The molecule has 0 aliphatic carbocycles. The molecule has 3 aliphatic rings. The van der Waals surface area contributed by atoms with E-state index in [-0.39, 0.29) is 11.8 Å². The van der Waals surface area contributed by atoms with E-state index in [2.05, 4.69) is 11.1 Å². The van der Waals surface area contributed by atoms with Crippen molar-refractivity contribution in [2.45, 2.75) is 37.4 Å². The Morgan fingerprint density at radius 2 is 1.82 bits per heavy atom. The fraction of sp³-hybridized carbons (Fsp3) is 0.290. The van der Waals surface area contributed by atoms with Crippen molar-refractivity contribution in [3.8, 4) is 11.8 Å². The van der Waals surface area contributed by atoms with E-state index in [0.29, 0.717) is 65.0 Å². The number of imide groups is 1. The van der Waals surface area contributed by atoms with Gasteiger partial charge in [0.1, 0.15) is 17.1 Å². The minimum absolute atomic E-state index is 0.237. The molecule has 4 heterocycles. The Bertz CT molecular complexity index is 1750. The summed E-state index contributed by atoms with van der Waals surface area (Å²) in [6.45, 7) is 2.25. The van der Waals surface area contributed by atoms with Gasteiger partial charge in [0.25, 0.3) is 0 Å². The summed E-state index contributed by atoms with van der Waals surface area (Å²) >= 11 is 0. The van der Waals surface area contributed by atoms with Crippen LogP contribution in [0.15, 0.2) is 66.7 Å². The van der Waals surface area contributed by atoms with Gasteiger partial charge in [-0.05, 0) is 50.1 Å². The number of rotatable bonds is 5. The number of nitrogens with two attached hydrogens (primary N) is 1. The van der Waals surface area contributed by atoms with Gasteiger partial charge < -0.3 is 15.2 Å². The Balaban J connectivity index is 1.21. The number of anilines is 2. The number of nitrogens with zero attached hydrogens (tertiary/aromatic N) is 3. The lowest BCUT2D eigenvalue weighted by Crippen LogP contribution is -2.43. The Labute approximate surface area is 224 Å². The van der Waals surface area contributed by atoms with Crippen molar-refractivity contribution in [2.24, 2.45) is 11.8 Å².